The molecular formula is C12H16Br2N2. The van der Waals surface area contributed by atoms with E-state index in [9.17, 15) is 0 Å². The standard InChI is InChI=1S/C12H16Br2N2/c1-3-10-5-4-8(2)16(10)12-11(14)6-9(13)7-15-12/h6-8,10H,3-5H2,1-2H3. The summed E-state index contributed by atoms with van der Waals surface area (Å²) >= 11 is 7.05. The molecule has 0 saturated carbocycles. The molecule has 0 radical (unpaired) electrons. The highest BCUT2D eigenvalue weighted by atomic mass is 79.9. The summed E-state index contributed by atoms with van der Waals surface area (Å²) in [5.41, 5.74) is 0. The lowest BCUT2D eigenvalue weighted by Gasteiger charge is -2.30. The molecule has 0 N–H and O–H groups in total. The summed E-state index contributed by atoms with van der Waals surface area (Å²) in [5.74, 6) is 1.08. The van der Waals surface area contributed by atoms with E-state index in [0.717, 1.165) is 14.8 Å². The molecular weight excluding hydrogens is 332 g/mol. The maximum Gasteiger partial charge on any atom is 0.143 e. The van der Waals surface area contributed by atoms with Gasteiger partial charge in [-0.3, -0.25) is 0 Å². The number of aromatic nitrogens is 1. The lowest BCUT2D eigenvalue weighted by molar-refractivity contribution is 0.620. The molecule has 2 unspecified atom stereocenters. The van der Waals surface area contributed by atoms with Gasteiger partial charge in [0.15, 0.2) is 0 Å². The molecule has 0 aliphatic carbocycles. The fraction of sp³-hybridized carbons (Fsp3) is 0.583. The van der Waals surface area contributed by atoms with Crippen molar-refractivity contribution in [2.24, 2.45) is 0 Å². The van der Waals surface area contributed by atoms with Crippen molar-refractivity contribution in [1.82, 2.24) is 4.98 Å². The Morgan fingerprint density at radius 1 is 1.44 bits per heavy atom. The summed E-state index contributed by atoms with van der Waals surface area (Å²) in [6, 6.07) is 3.30. The Hall–Kier alpha value is -0.0900. The Morgan fingerprint density at radius 2 is 2.19 bits per heavy atom. The van der Waals surface area contributed by atoms with E-state index in [4.69, 9.17) is 0 Å². The highest BCUT2D eigenvalue weighted by Gasteiger charge is 2.31. The van der Waals surface area contributed by atoms with Crippen molar-refractivity contribution in [3.05, 3.63) is 21.2 Å². The Labute approximate surface area is 114 Å². The van der Waals surface area contributed by atoms with E-state index in [2.05, 4.69) is 61.7 Å². The molecule has 0 spiro atoms. The minimum atomic E-state index is 0.593. The van der Waals surface area contributed by atoms with Crippen LogP contribution in [-0.4, -0.2) is 17.1 Å². The molecule has 2 atom stereocenters. The number of pyridine rings is 1. The molecule has 2 nitrogen and oxygen atoms in total. The summed E-state index contributed by atoms with van der Waals surface area (Å²) in [5, 5.41) is 0. The van der Waals surface area contributed by atoms with Gasteiger partial charge in [-0.05, 0) is 64.1 Å². The third-order valence-electron chi connectivity index (χ3n) is 3.29. The van der Waals surface area contributed by atoms with Crippen molar-refractivity contribution < 1.29 is 0 Å². The Balaban J connectivity index is 2.34. The lowest BCUT2D eigenvalue weighted by atomic mass is 10.1. The number of anilines is 1. The second kappa shape index (κ2) is 5.05. The van der Waals surface area contributed by atoms with Gasteiger partial charge in [-0.1, -0.05) is 6.92 Å². The molecule has 1 aliphatic rings. The number of rotatable bonds is 2. The molecule has 1 aliphatic heterocycles. The van der Waals surface area contributed by atoms with E-state index in [1.807, 2.05) is 6.20 Å². The minimum absolute atomic E-state index is 0.593. The average Bonchev–Trinajstić information content (AvgIpc) is 2.60. The molecule has 2 rings (SSSR count). The first-order valence-corrected chi connectivity index (χ1v) is 7.31. The number of nitrogens with zero attached hydrogens (tertiary/aromatic N) is 2. The predicted molar refractivity (Wildman–Crippen MR) is 74.9 cm³/mol. The lowest BCUT2D eigenvalue weighted by Crippen LogP contribution is -2.35. The van der Waals surface area contributed by atoms with Crippen LogP contribution in [-0.2, 0) is 0 Å². The molecule has 1 aromatic rings. The maximum absolute atomic E-state index is 4.54. The zero-order valence-electron chi connectivity index (χ0n) is 9.58. The summed E-state index contributed by atoms with van der Waals surface area (Å²) in [6.45, 7) is 4.54. The Morgan fingerprint density at radius 3 is 2.81 bits per heavy atom. The summed E-state index contributed by atoms with van der Waals surface area (Å²) in [4.78, 5) is 7.00. The molecule has 4 heteroatoms. The van der Waals surface area contributed by atoms with Crippen LogP contribution in [0.3, 0.4) is 0 Å². The van der Waals surface area contributed by atoms with Crippen molar-refractivity contribution in [1.29, 1.82) is 0 Å². The highest BCUT2D eigenvalue weighted by molar-refractivity contribution is 9.11. The molecule has 16 heavy (non-hydrogen) atoms. The summed E-state index contributed by atoms with van der Waals surface area (Å²) in [7, 11) is 0. The zero-order chi connectivity index (χ0) is 11.7. The molecule has 1 aromatic heterocycles. The Kier molecular flexibility index (Phi) is 3.90. The van der Waals surface area contributed by atoms with Gasteiger partial charge in [0, 0.05) is 22.8 Å². The fourth-order valence-electron chi connectivity index (χ4n) is 2.45. The van der Waals surface area contributed by atoms with Gasteiger partial charge in [0.2, 0.25) is 0 Å². The van der Waals surface area contributed by atoms with Gasteiger partial charge in [0.25, 0.3) is 0 Å². The first-order valence-electron chi connectivity index (χ1n) is 5.73. The fourth-order valence-corrected chi connectivity index (χ4v) is 3.64. The van der Waals surface area contributed by atoms with E-state index in [0.29, 0.717) is 12.1 Å². The van der Waals surface area contributed by atoms with Crippen LogP contribution in [0.4, 0.5) is 5.82 Å². The smallest absolute Gasteiger partial charge is 0.143 e. The average molecular weight is 348 g/mol. The topological polar surface area (TPSA) is 16.1 Å². The monoisotopic (exact) mass is 346 g/mol. The first kappa shape index (κ1) is 12.4. The van der Waals surface area contributed by atoms with Gasteiger partial charge in [-0.2, -0.15) is 0 Å². The number of hydrogen-bond donors (Lipinski definition) is 0. The Bertz CT molecular complexity index is 381. The molecule has 1 fully saturated rings. The third kappa shape index (κ3) is 2.28. The third-order valence-corrected chi connectivity index (χ3v) is 4.31. The van der Waals surface area contributed by atoms with Crippen molar-refractivity contribution in [3.63, 3.8) is 0 Å². The van der Waals surface area contributed by atoms with E-state index in [1.165, 1.54) is 19.3 Å². The predicted octanol–water partition coefficient (Wildman–Crippen LogP) is 4.37. The van der Waals surface area contributed by atoms with Crippen LogP contribution in [0, 0.1) is 0 Å². The van der Waals surface area contributed by atoms with Crippen molar-refractivity contribution in [3.8, 4) is 0 Å². The quantitative estimate of drug-likeness (QED) is 0.789. The van der Waals surface area contributed by atoms with E-state index in [1.54, 1.807) is 0 Å². The van der Waals surface area contributed by atoms with Gasteiger partial charge >= 0.3 is 0 Å². The van der Waals surface area contributed by atoms with Crippen LogP contribution >= 0.6 is 31.9 Å². The van der Waals surface area contributed by atoms with Crippen LogP contribution < -0.4 is 4.90 Å². The van der Waals surface area contributed by atoms with Crippen molar-refractivity contribution in [2.45, 2.75) is 45.2 Å². The zero-order valence-corrected chi connectivity index (χ0v) is 12.8. The molecule has 0 aromatic carbocycles. The van der Waals surface area contributed by atoms with Crippen molar-refractivity contribution >= 4 is 37.7 Å². The first-order chi connectivity index (χ1) is 7.63. The minimum Gasteiger partial charge on any atom is -0.350 e. The van der Waals surface area contributed by atoms with E-state index >= 15 is 0 Å². The van der Waals surface area contributed by atoms with Crippen LogP contribution in [0.15, 0.2) is 21.2 Å². The molecule has 1 saturated heterocycles. The molecule has 0 bridgehead atoms. The molecule has 2 heterocycles. The second-order valence-electron chi connectivity index (χ2n) is 4.35. The van der Waals surface area contributed by atoms with E-state index < -0.39 is 0 Å². The number of halogens is 2. The van der Waals surface area contributed by atoms with Gasteiger partial charge in [-0.25, -0.2) is 4.98 Å². The maximum atomic E-state index is 4.54. The van der Waals surface area contributed by atoms with Crippen LogP contribution in [0.25, 0.3) is 0 Å². The van der Waals surface area contributed by atoms with Crippen molar-refractivity contribution in [2.75, 3.05) is 4.90 Å². The SMILES string of the molecule is CCC1CCC(C)N1c1ncc(Br)cc1Br. The molecule has 0 amide bonds. The summed E-state index contributed by atoms with van der Waals surface area (Å²) in [6.07, 6.45) is 5.61. The van der Waals surface area contributed by atoms with Crippen LogP contribution in [0.2, 0.25) is 0 Å². The largest absolute Gasteiger partial charge is 0.350 e. The van der Waals surface area contributed by atoms with Gasteiger partial charge in [0.05, 0.1) is 4.47 Å². The summed E-state index contributed by atoms with van der Waals surface area (Å²) < 4.78 is 2.09. The molecule has 88 valence electrons. The van der Waals surface area contributed by atoms with Gasteiger partial charge < -0.3 is 4.90 Å². The normalized spacial score (nSPS) is 25.1. The second-order valence-corrected chi connectivity index (χ2v) is 6.12. The number of hydrogen-bond acceptors (Lipinski definition) is 2. The van der Waals surface area contributed by atoms with Gasteiger partial charge in [0.1, 0.15) is 5.82 Å². The van der Waals surface area contributed by atoms with Crippen LogP contribution in [0.1, 0.15) is 33.1 Å². The van der Waals surface area contributed by atoms with E-state index in [-0.39, 0.29) is 0 Å². The highest BCUT2D eigenvalue weighted by Crippen LogP contribution is 2.35. The van der Waals surface area contributed by atoms with Crippen LogP contribution in [0.5, 0.6) is 0 Å². The van der Waals surface area contributed by atoms with Gasteiger partial charge in [-0.15, -0.1) is 0 Å².